The van der Waals surface area contributed by atoms with E-state index >= 15 is 0 Å². The number of carbonyl (C=O) groups excluding carboxylic acids is 1. The number of ether oxygens (including phenoxy) is 1. The van der Waals surface area contributed by atoms with E-state index in [1.165, 1.54) is 0 Å². The van der Waals surface area contributed by atoms with Crippen LogP contribution in [0.4, 0.5) is 11.7 Å². The first kappa shape index (κ1) is 12.9. The number of aryl methyl sites for hydroxylation is 1. The average molecular weight is 262 g/mol. The molecular weight excluding hydrogens is 248 g/mol. The number of benzene rings is 1. The zero-order chi connectivity index (χ0) is 13.7. The van der Waals surface area contributed by atoms with E-state index < -0.39 is 0 Å². The SMILES string of the molecule is Cc1nnc(NC(=O)CCOc2ccc(N)cc2)o1. The number of nitrogens with one attached hydrogen (secondary N) is 1. The van der Waals surface area contributed by atoms with Crippen LogP contribution in [0.15, 0.2) is 28.7 Å². The molecule has 0 bridgehead atoms. The van der Waals surface area contributed by atoms with Gasteiger partial charge in [-0.25, -0.2) is 0 Å². The summed E-state index contributed by atoms with van der Waals surface area (Å²) in [7, 11) is 0. The average Bonchev–Trinajstić information content (AvgIpc) is 2.77. The largest absolute Gasteiger partial charge is 0.493 e. The third-order valence-corrected chi connectivity index (χ3v) is 2.25. The topological polar surface area (TPSA) is 103 Å². The first-order valence-corrected chi connectivity index (χ1v) is 5.72. The van der Waals surface area contributed by atoms with Gasteiger partial charge in [-0.05, 0) is 24.3 Å². The molecule has 100 valence electrons. The lowest BCUT2D eigenvalue weighted by Gasteiger charge is -2.05. The van der Waals surface area contributed by atoms with E-state index in [0.717, 1.165) is 0 Å². The number of nitrogens with two attached hydrogens (primary N) is 1. The lowest BCUT2D eigenvalue weighted by atomic mass is 10.3. The molecule has 0 aliphatic heterocycles. The predicted octanol–water partition coefficient (Wildman–Crippen LogP) is 1.37. The van der Waals surface area contributed by atoms with Gasteiger partial charge in [0.25, 0.3) is 0 Å². The second-order valence-electron chi connectivity index (χ2n) is 3.84. The van der Waals surface area contributed by atoms with Crippen molar-refractivity contribution in [3.63, 3.8) is 0 Å². The van der Waals surface area contributed by atoms with Crippen LogP contribution < -0.4 is 15.8 Å². The number of nitrogens with zero attached hydrogens (tertiary/aromatic N) is 2. The second kappa shape index (κ2) is 5.85. The highest BCUT2D eigenvalue weighted by Gasteiger charge is 2.07. The molecule has 19 heavy (non-hydrogen) atoms. The van der Waals surface area contributed by atoms with Gasteiger partial charge in [-0.3, -0.25) is 10.1 Å². The van der Waals surface area contributed by atoms with Gasteiger partial charge in [-0.15, -0.1) is 5.10 Å². The minimum atomic E-state index is -0.251. The van der Waals surface area contributed by atoms with Crippen molar-refractivity contribution in [1.29, 1.82) is 0 Å². The molecule has 1 heterocycles. The van der Waals surface area contributed by atoms with Crippen LogP contribution in [0.25, 0.3) is 0 Å². The lowest BCUT2D eigenvalue weighted by Crippen LogP contribution is -2.15. The van der Waals surface area contributed by atoms with Crippen LogP contribution in [0.5, 0.6) is 5.75 Å². The predicted molar refractivity (Wildman–Crippen MR) is 68.6 cm³/mol. The van der Waals surface area contributed by atoms with Gasteiger partial charge in [0, 0.05) is 12.6 Å². The molecule has 0 saturated carbocycles. The molecule has 0 saturated heterocycles. The summed E-state index contributed by atoms with van der Waals surface area (Å²) in [5.74, 6) is 0.808. The van der Waals surface area contributed by atoms with Gasteiger partial charge in [-0.2, -0.15) is 0 Å². The third kappa shape index (κ3) is 3.98. The fraction of sp³-hybridized carbons (Fsp3) is 0.250. The smallest absolute Gasteiger partial charge is 0.322 e. The molecule has 1 amide bonds. The maximum absolute atomic E-state index is 11.5. The van der Waals surface area contributed by atoms with Crippen LogP contribution in [0.1, 0.15) is 12.3 Å². The summed E-state index contributed by atoms with van der Waals surface area (Å²) >= 11 is 0. The van der Waals surface area contributed by atoms with Gasteiger partial charge in [-0.1, -0.05) is 5.10 Å². The number of hydrogen-bond donors (Lipinski definition) is 2. The number of carbonyl (C=O) groups is 1. The van der Waals surface area contributed by atoms with E-state index in [9.17, 15) is 4.79 Å². The minimum absolute atomic E-state index is 0.0926. The number of rotatable bonds is 5. The molecule has 0 unspecified atom stereocenters. The first-order valence-electron chi connectivity index (χ1n) is 5.72. The second-order valence-corrected chi connectivity index (χ2v) is 3.84. The van der Waals surface area contributed by atoms with Gasteiger partial charge < -0.3 is 14.9 Å². The Hall–Kier alpha value is -2.57. The van der Waals surface area contributed by atoms with Crippen molar-refractivity contribution in [3.8, 4) is 5.75 Å². The van der Waals surface area contributed by atoms with Crippen LogP contribution in [0.2, 0.25) is 0 Å². The molecule has 0 radical (unpaired) electrons. The van der Waals surface area contributed by atoms with Crippen molar-refractivity contribution in [1.82, 2.24) is 10.2 Å². The summed E-state index contributed by atoms with van der Waals surface area (Å²) in [6, 6.07) is 7.05. The Morgan fingerprint density at radius 1 is 1.37 bits per heavy atom. The summed E-state index contributed by atoms with van der Waals surface area (Å²) in [5.41, 5.74) is 6.21. The van der Waals surface area contributed by atoms with E-state index in [0.29, 0.717) is 17.3 Å². The highest BCUT2D eigenvalue weighted by Crippen LogP contribution is 2.13. The summed E-state index contributed by atoms with van der Waals surface area (Å²) in [4.78, 5) is 11.5. The Morgan fingerprint density at radius 3 is 2.74 bits per heavy atom. The maximum atomic E-state index is 11.5. The van der Waals surface area contributed by atoms with E-state index in [2.05, 4.69) is 15.5 Å². The van der Waals surface area contributed by atoms with E-state index in [1.807, 2.05) is 0 Å². The van der Waals surface area contributed by atoms with Crippen molar-refractivity contribution in [3.05, 3.63) is 30.2 Å². The molecule has 7 heteroatoms. The fourth-order valence-electron chi connectivity index (χ4n) is 1.35. The van der Waals surface area contributed by atoms with Gasteiger partial charge in [0.15, 0.2) is 0 Å². The number of nitrogen functional groups attached to an aromatic ring is 1. The molecule has 7 nitrogen and oxygen atoms in total. The maximum Gasteiger partial charge on any atom is 0.322 e. The van der Waals surface area contributed by atoms with Crippen LogP contribution >= 0.6 is 0 Å². The highest BCUT2D eigenvalue weighted by molar-refractivity contribution is 5.88. The summed E-state index contributed by atoms with van der Waals surface area (Å²) < 4.78 is 10.4. The van der Waals surface area contributed by atoms with Crippen molar-refractivity contribution in [2.75, 3.05) is 17.7 Å². The van der Waals surface area contributed by atoms with Crippen molar-refractivity contribution in [2.45, 2.75) is 13.3 Å². The summed E-state index contributed by atoms with van der Waals surface area (Å²) in [5, 5.41) is 9.74. The Bertz CT molecular complexity index is 550. The zero-order valence-corrected chi connectivity index (χ0v) is 10.4. The normalized spacial score (nSPS) is 10.2. The Balaban J connectivity index is 1.73. The van der Waals surface area contributed by atoms with Crippen molar-refractivity contribution < 1.29 is 13.9 Å². The standard InChI is InChI=1S/C12H14N4O3/c1-8-15-16-12(19-8)14-11(17)6-7-18-10-4-2-9(13)3-5-10/h2-5H,6-7,13H2,1H3,(H,14,16,17). The Kier molecular flexibility index (Phi) is 3.97. The van der Waals surface area contributed by atoms with Crippen molar-refractivity contribution >= 4 is 17.6 Å². The molecule has 0 aliphatic rings. The van der Waals surface area contributed by atoms with Crippen LogP contribution in [-0.4, -0.2) is 22.7 Å². The molecule has 2 aromatic rings. The van der Waals surface area contributed by atoms with Gasteiger partial charge in [0.2, 0.25) is 11.8 Å². The molecule has 0 aliphatic carbocycles. The molecular formula is C12H14N4O3. The molecule has 0 fully saturated rings. The number of hydrogen-bond acceptors (Lipinski definition) is 6. The molecule has 0 spiro atoms. The summed E-state index contributed by atoms with van der Waals surface area (Å²) in [6.07, 6.45) is 0.186. The van der Waals surface area contributed by atoms with Crippen LogP contribution in [0.3, 0.4) is 0 Å². The molecule has 1 aromatic carbocycles. The van der Waals surface area contributed by atoms with Gasteiger partial charge in [0.1, 0.15) is 5.75 Å². The zero-order valence-electron chi connectivity index (χ0n) is 10.4. The number of aromatic nitrogens is 2. The quantitative estimate of drug-likeness (QED) is 0.789. The van der Waals surface area contributed by atoms with E-state index in [1.54, 1.807) is 31.2 Å². The van der Waals surface area contributed by atoms with Gasteiger partial charge in [0.05, 0.1) is 13.0 Å². The van der Waals surface area contributed by atoms with E-state index in [-0.39, 0.29) is 24.9 Å². The number of anilines is 2. The van der Waals surface area contributed by atoms with Crippen molar-refractivity contribution in [2.24, 2.45) is 0 Å². The fourth-order valence-corrected chi connectivity index (χ4v) is 1.35. The molecule has 1 aromatic heterocycles. The van der Waals surface area contributed by atoms with Gasteiger partial charge >= 0.3 is 6.01 Å². The summed E-state index contributed by atoms with van der Waals surface area (Å²) in [6.45, 7) is 1.90. The van der Waals surface area contributed by atoms with Crippen LogP contribution in [-0.2, 0) is 4.79 Å². The monoisotopic (exact) mass is 262 g/mol. The van der Waals surface area contributed by atoms with E-state index in [4.69, 9.17) is 14.9 Å². The number of amides is 1. The Morgan fingerprint density at radius 2 is 2.11 bits per heavy atom. The minimum Gasteiger partial charge on any atom is -0.493 e. The Labute approximate surface area is 109 Å². The lowest BCUT2D eigenvalue weighted by molar-refractivity contribution is -0.116. The third-order valence-electron chi connectivity index (χ3n) is 2.25. The first-order chi connectivity index (χ1) is 9.13. The molecule has 2 rings (SSSR count). The highest BCUT2D eigenvalue weighted by atomic mass is 16.5. The van der Waals surface area contributed by atoms with Crippen LogP contribution in [0, 0.1) is 6.92 Å². The molecule has 3 N–H and O–H groups in total. The molecule has 0 atom stereocenters.